The van der Waals surface area contributed by atoms with Crippen LogP contribution in [0.3, 0.4) is 0 Å². The molecule has 30 heavy (non-hydrogen) atoms. The Kier molecular flexibility index (Phi) is 6.69. The minimum Gasteiger partial charge on any atom is -0.326 e. The summed E-state index contributed by atoms with van der Waals surface area (Å²) >= 11 is 11.8. The number of halogens is 2. The average molecular weight is 450 g/mol. The molecule has 0 radical (unpaired) electrons. The smallest absolute Gasteiger partial charge is 0.282 e. The van der Waals surface area contributed by atoms with E-state index in [2.05, 4.69) is 5.32 Å². The molecule has 1 aliphatic rings. The fourth-order valence-corrected chi connectivity index (χ4v) is 3.78. The number of unbranched alkanes of at least 4 members (excludes halogenated alkanes) is 2. The predicted molar refractivity (Wildman–Crippen MR) is 112 cm³/mol. The number of imide groups is 1. The Morgan fingerprint density at radius 1 is 1.03 bits per heavy atom. The number of anilines is 1. The number of rotatable bonds is 8. The Labute approximate surface area is 181 Å². The number of carbonyl (C=O) groups is 3. The number of hydrogen-bond acceptors (Lipinski definition) is 5. The second kappa shape index (κ2) is 9.23. The highest BCUT2D eigenvalue weighted by molar-refractivity contribution is 6.35. The maximum atomic E-state index is 12.5. The normalized spacial score (nSPS) is 12.8. The van der Waals surface area contributed by atoms with Crippen molar-refractivity contribution in [2.75, 3.05) is 11.9 Å². The number of amides is 3. The monoisotopic (exact) mass is 449 g/mol. The van der Waals surface area contributed by atoms with E-state index in [9.17, 15) is 24.5 Å². The summed E-state index contributed by atoms with van der Waals surface area (Å²) in [4.78, 5) is 48.4. The van der Waals surface area contributed by atoms with Gasteiger partial charge in [0.25, 0.3) is 17.5 Å². The zero-order chi connectivity index (χ0) is 21.8. The third-order valence-corrected chi connectivity index (χ3v) is 5.04. The summed E-state index contributed by atoms with van der Waals surface area (Å²) in [6, 6.07) is 8.75. The Morgan fingerprint density at radius 3 is 2.40 bits per heavy atom. The van der Waals surface area contributed by atoms with Crippen molar-refractivity contribution in [3.8, 4) is 0 Å². The second-order valence-corrected chi connectivity index (χ2v) is 7.61. The maximum absolute atomic E-state index is 12.5. The molecule has 0 fully saturated rings. The fourth-order valence-electron chi connectivity index (χ4n) is 3.25. The molecule has 0 atom stereocenters. The first-order chi connectivity index (χ1) is 14.3. The van der Waals surface area contributed by atoms with Crippen LogP contribution in [0.4, 0.5) is 11.4 Å². The molecule has 0 bridgehead atoms. The first-order valence-electron chi connectivity index (χ1n) is 9.17. The number of nitro groups is 1. The molecule has 1 N–H and O–H groups in total. The molecule has 0 saturated heterocycles. The molecule has 0 unspecified atom stereocenters. The number of hydrogen-bond donors (Lipinski definition) is 1. The Balaban J connectivity index is 1.47. The predicted octanol–water partition coefficient (Wildman–Crippen LogP) is 4.70. The van der Waals surface area contributed by atoms with Gasteiger partial charge in [0.05, 0.1) is 10.5 Å². The molecule has 2 aromatic carbocycles. The minimum atomic E-state index is -0.667. The quantitative estimate of drug-likeness (QED) is 0.271. The lowest BCUT2D eigenvalue weighted by molar-refractivity contribution is -0.385. The molecule has 156 valence electrons. The van der Waals surface area contributed by atoms with Gasteiger partial charge in [-0.25, -0.2) is 0 Å². The van der Waals surface area contributed by atoms with Crippen molar-refractivity contribution in [3.05, 3.63) is 67.7 Å². The molecule has 1 aliphatic heterocycles. The second-order valence-electron chi connectivity index (χ2n) is 6.74. The molecule has 3 amide bonds. The van der Waals surface area contributed by atoms with Crippen LogP contribution < -0.4 is 5.32 Å². The number of carbonyl (C=O) groups excluding carboxylic acids is 3. The Hall–Kier alpha value is -2.97. The van der Waals surface area contributed by atoms with Crippen LogP contribution in [-0.4, -0.2) is 34.1 Å². The van der Waals surface area contributed by atoms with Crippen LogP contribution in [0.25, 0.3) is 0 Å². The first kappa shape index (κ1) is 21.7. The molecule has 2 aromatic rings. The first-order valence-corrected chi connectivity index (χ1v) is 9.93. The standard InChI is InChI=1S/C20H17Cl2N3O5/c21-12-9-13(22)11-14(10-12)23-17(26)7-2-1-3-8-24-19(27)15-5-4-6-16(25(29)30)18(15)20(24)28/h4-6,9-11H,1-3,7-8H2,(H,23,26). The summed E-state index contributed by atoms with van der Waals surface area (Å²) < 4.78 is 0. The number of nitrogens with zero attached hydrogens (tertiary/aromatic N) is 2. The van der Waals surface area contributed by atoms with Crippen LogP contribution in [0.1, 0.15) is 46.4 Å². The molecule has 0 spiro atoms. The van der Waals surface area contributed by atoms with Gasteiger partial charge in [-0.1, -0.05) is 35.7 Å². The van der Waals surface area contributed by atoms with E-state index in [1.807, 2.05) is 0 Å². The van der Waals surface area contributed by atoms with Crippen LogP contribution >= 0.6 is 23.2 Å². The fraction of sp³-hybridized carbons (Fsp3) is 0.250. The molecule has 0 saturated carbocycles. The Bertz CT molecular complexity index is 1020. The number of nitro benzene ring substituents is 1. The van der Waals surface area contributed by atoms with Gasteiger partial charge >= 0.3 is 0 Å². The number of nitrogens with one attached hydrogen (secondary N) is 1. The van der Waals surface area contributed by atoms with Crippen LogP contribution in [0.5, 0.6) is 0 Å². The summed E-state index contributed by atoms with van der Waals surface area (Å²) in [5, 5.41) is 14.7. The highest BCUT2D eigenvalue weighted by Crippen LogP contribution is 2.31. The highest BCUT2D eigenvalue weighted by Gasteiger charge is 2.40. The van der Waals surface area contributed by atoms with Crippen molar-refractivity contribution >= 4 is 52.3 Å². The van der Waals surface area contributed by atoms with Crippen LogP contribution in [-0.2, 0) is 4.79 Å². The summed E-state index contributed by atoms with van der Waals surface area (Å²) in [6.45, 7) is 0.134. The summed E-state index contributed by atoms with van der Waals surface area (Å²) in [6.07, 6.45) is 1.87. The topological polar surface area (TPSA) is 110 Å². The van der Waals surface area contributed by atoms with E-state index in [0.29, 0.717) is 35.0 Å². The highest BCUT2D eigenvalue weighted by atomic mass is 35.5. The van der Waals surface area contributed by atoms with Gasteiger partial charge in [-0.2, -0.15) is 0 Å². The lowest BCUT2D eigenvalue weighted by Gasteiger charge is -2.13. The van der Waals surface area contributed by atoms with E-state index in [1.54, 1.807) is 18.2 Å². The summed E-state index contributed by atoms with van der Waals surface area (Å²) in [5.74, 6) is -1.39. The molecule has 8 nitrogen and oxygen atoms in total. The van der Waals surface area contributed by atoms with E-state index >= 15 is 0 Å². The van der Waals surface area contributed by atoms with Gasteiger partial charge in [-0.05, 0) is 37.1 Å². The van der Waals surface area contributed by atoms with Gasteiger partial charge < -0.3 is 5.32 Å². The third-order valence-electron chi connectivity index (χ3n) is 4.61. The van der Waals surface area contributed by atoms with Crippen molar-refractivity contribution < 1.29 is 19.3 Å². The van der Waals surface area contributed by atoms with E-state index < -0.39 is 16.7 Å². The van der Waals surface area contributed by atoms with E-state index in [1.165, 1.54) is 18.2 Å². The molecule has 0 aliphatic carbocycles. The third kappa shape index (κ3) is 4.77. The van der Waals surface area contributed by atoms with Gasteiger partial charge in [0.1, 0.15) is 5.56 Å². The SMILES string of the molecule is O=C(CCCCCN1C(=O)c2cccc([N+](=O)[O-])c2C1=O)Nc1cc(Cl)cc(Cl)c1. The number of fused-ring (bicyclic) bond motifs is 1. The lowest BCUT2D eigenvalue weighted by Crippen LogP contribution is -2.30. The zero-order valence-electron chi connectivity index (χ0n) is 15.7. The molecular formula is C20H17Cl2N3O5. The number of benzene rings is 2. The van der Waals surface area contributed by atoms with Crippen LogP contribution in [0.2, 0.25) is 10.0 Å². The zero-order valence-corrected chi connectivity index (χ0v) is 17.2. The summed E-state index contributed by atoms with van der Waals surface area (Å²) in [7, 11) is 0. The van der Waals surface area contributed by atoms with Crippen molar-refractivity contribution in [3.63, 3.8) is 0 Å². The van der Waals surface area contributed by atoms with Crippen molar-refractivity contribution in [2.45, 2.75) is 25.7 Å². The van der Waals surface area contributed by atoms with Gasteiger partial charge in [-0.3, -0.25) is 29.4 Å². The van der Waals surface area contributed by atoms with Crippen molar-refractivity contribution in [2.24, 2.45) is 0 Å². The Morgan fingerprint density at radius 2 is 1.73 bits per heavy atom. The van der Waals surface area contributed by atoms with E-state index in [0.717, 1.165) is 4.90 Å². The van der Waals surface area contributed by atoms with Crippen molar-refractivity contribution in [1.29, 1.82) is 0 Å². The van der Waals surface area contributed by atoms with Gasteiger partial charge in [-0.15, -0.1) is 0 Å². The van der Waals surface area contributed by atoms with Gasteiger partial charge in [0.15, 0.2) is 0 Å². The van der Waals surface area contributed by atoms with E-state index in [-0.39, 0.29) is 35.7 Å². The largest absolute Gasteiger partial charge is 0.326 e. The van der Waals surface area contributed by atoms with Crippen LogP contribution in [0.15, 0.2) is 36.4 Å². The molecule has 1 heterocycles. The lowest BCUT2D eigenvalue weighted by atomic mass is 10.1. The van der Waals surface area contributed by atoms with Gasteiger partial charge in [0.2, 0.25) is 5.91 Å². The van der Waals surface area contributed by atoms with Gasteiger partial charge in [0, 0.05) is 34.8 Å². The van der Waals surface area contributed by atoms with Crippen LogP contribution in [0, 0.1) is 10.1 Å². The molecule has 3 rings (SSSR count). The molecule has 10 heteroatoms. The molecular weight excluding hydrogens is 433 g/mol. The van der Waals surface area contributed by atoms with Crippen molar-refractivity contribution in [1.82, 2.24) is 4.90 Å². The minimum absolute atomic E-state index is 0.0498. The molecule has 0 aromatic heterocycles. The maximum Gasteiger partial charge on any atom is 0.282 e. The van der Waals surface area contributed by atoms with E-state index in [4.69, 9.17) is 23.2 Å². The average Bonchev–Trinajstić information content (AvgIpc) is 2.91. The summed E-state index contributed by atoms with van der Waals surface area (Å²) in [5.41, 5.74) is 0.0251.